The molecular weight excluding hydrogens is 212 g/mol. The minimum Gasteiger partial charge on any atom is -0.486 e. The molecule has 0 saturated carbocycles. The van der Waals surface area contributed by atoms with Crippen LogP contribution in [0, 0.1) is 0 Å². The maximum Gasteiger partial charge on any atom is 0.125 e. The molecule has 3 nitrogen and oxygen atoms in total. The van der Waals surface area contributed by atoms with Crippen molar-refractivity contribution in [1.82, 2.24) is 10.3 Å². The molecule has 1 N–H and O–H groups in total. The molecule has 2 heterocycles. The third-order valence-electron chi connectivity index (χ3n) is 3.04. The van der Waals surface area contributed by atoms with E-state index in [1.807, 2.05) is 12.3 Å². The third kappa shape index (κ3) is 1.98. The average Bonchev–Trinajstić information content (AvgIpc) is 2.42. The molecule has 17 heavy (non-hydrogen) atoms. The van der Waals surface area contributed by atoms with Crippen molar-refractivity contribution in [2.75, 3.05) is 6.54 Å². The maximum absolute atomic E-state index is 6.06. The van der Waals surface area contributed by atoms with E-state index in [9.17, 15) is 0 Å². The van der Waals surface area contributed by atoms with Crippen molar-refractivity contribution in [1.29, 1.82) is 0 Å². The molecule has 1 aliphatic heterocycles. The van der Waals surface area contributed by atoms with E-state index in [2.05, 4.69) is 42.3 Å². The zero-order valence-corrected chi connectivity index (χ0v) is 10.2. The molecule has 0 amide bonds. The largest absolute Gasteiger partial charge is 0.486 e. The van der Waals surface area contributed by atoms with Crippen LogP contribution in [0.5, 0.6) is 5.75 Å². The number of ether oxygens (including phenoxy) is 1. The fourth-order valence-electron chi connectivity index (χ4n) is 2.21. The standard InChI is InChI=1S/C14H16N2O/c1-14(2)9-15-8-11-6-12-10(4-3-5-16-12)7-13(11)17-14/h3-7,15H,8-9H2,1-2H3. The topological polar surface area (TPSA) is 34.2 Å². The lowest BCUT2D eigenvalue weighted by molar-refractivity contribution is 0.115. The monoisotopic (exact) mass is 228 g/mol. The van der Waals surface area contributed by atoms with Gasteiger partial charge in [-0.15, -0.1) is 0 Å². The van der Waals surface area contributed by atoms with Crippen LogP contribution in [-0.4, -0.2) is 17.1 Å². The van der Waals surface area contributed by atoms with E-state index < -0.39 is 0 Å². The van der Waals surface area contributed by atoms with Crippen molar-refractivity contribution < 1.29 is 4.74 Å². The van der Waals surface area contributed by atoms with Crippen LogP contribution < -0.4 is 10.1 Å². The molecule has 2 aromatic rings. The highest BCUT2D eigenvalue weighted by atomic mass is 16.5. The van der Waals surface area contributed by atoms with Gasteiger partial charge < -0.3 is 10.1 Å². The van der Waals surface area contributed by atoms with Gasteiger partial charge in [0, 0.05) is 30.2 Å². The van der Waals surface area contributed by atoms with Gasteiger partial charge in [0.25, 0.3) is 0 Å². The van der Waals surface area contributed by atoms with Crippen LogP contribution in [0.25, 0.3) is 10.9 Å². The zero-order valence-electron chi connectivity index (χ0n) is 10.2. The molecule has 1 aromatic heterocycles. The van der Waals surface area contributed by atoms with Crippen LogP contribution in [0.4, 0.5) is 0 Å². The Morgan fingerprint density at radius 3 is 3.12 bits per heavy atom. The second-order valence-corrected chi connectivity index (χ2v) is 5.12. The van der Waals surface area contributed by atoms with Crippen molar-refractivity contribution in [3.05, 3.63) is 36.0 Å². The summed E-state index contributed by atoms with van der Waals surface area (Å²) < 4.78 is 6.06. The Hall–Kier alpha value is -1.61. The van der Waals surface area contributed by atoms with E-state index in [0.29, 0.717) is 0 Å². The number of nitrogens with one attached hydrogen (secondary N) is 1. The number of nitrogens with zero attached hydrogens (tertiary/aromatic N) is 1. The molecular formula is C14H16N2O. The average molecular weight is 228 g/mol. The first-order valence-electron chi connectivity index (χ1n) is 5.91. The first kappa shape index (κ1) is 10.5. The first-order chi connectivity index (χ1) is 8.14. The summed E-state index contributed by atoms with van der Waals surface area (Å²) in [6.45, 7) is 5.89. The maximum atomic E-state index is 6.06. The number of fused-ring (bicyclic) bond motifs is 2. The van der Waals surface area contributed by atoms with Crippen LogP contribution in [0.1, 0.15) is 19.4 Å². The number of benzene rings is 1. The summed E-state index contributed by atoms with van der Waals surface area (Å²) in [7, 11) is 0. The normalized spacial score (nSPS) is 18.2. The molecule has 0 unspecified atom stereocenters. The predicted molar refractivity (Wildman–Crippen MR) is 68.2 cm³/mol. The number of aromatic nitrogens is 1. The van der Waals surface area contributed by atoms with Gasteiger partial charge in [0.15, 0.2) is 0 Å². The van der Waals surface area contributed by atoms with E-state index in [0.717, 1.165) is 29.7 Å². The molecule has 0 fully saturated rings. The van der Waals surface area contributed by atoms with Gasteiger partial charge in [-0.1, -0.05) is 6.07 Å². The first-order valence-corrected chi connectivity index (χ1v) is 5.91. The summed E-state index contributed by atoms with van der Waals surface area (Å²) in [5, 5.41) is 4.53. The van der Waals surface area contributed by atoms with Gasteiger partial charge in [-0.2, -0.15) is 0 Å². The predicted octanol–water partition coefficient (Wildman–Crippen LogP) is 2.50. The zero-order chi connectivity index (χ0) is 11.9. The smallest absolute Gasteiger partial charge is 0.125 e. The molecule has 0 aliphatic carbocycles. The van der Waals surface area contributed by atoms with E-state index >= 15 is 0 Å². The summed E-state index contributed by atoms with van der Waals surface area (Å²) in [6, 6.07) is 8.22. The SMILES string of the molecule is CC1(C)CNCc2cc3ncccc3cc2O1. The molecule has 3 rings (SSSR count). The molecule has 1 aliphatic rings. The van der Waals surface area contributed by atoms with Gasteiger partial charge in [0.2, 0.25) is 0 Å². The quantitative estimate of drug-likeness (QED) is 0.752. The van der Waals surface area contributed by atoms with Crippen LogP contribution in [0.3, 0.4) is 0 Å². The molecule has 0 saturated heterocycles. The third-order valence-corrected chi connectivity index (χ3v) is 3.04. The van der Waals surface area contributed by atoms with Gasteiger partial charge >= 0.3 is 0 Å². The van der Waals surface area contributed by atoms with Gasteiger partial charge in [-0.3, -0.25) is 4.98 Å². The summed E-state index contributed by atoms with van der Waals surface area (Å²) in [4.78, 5) is 4.37. The molecule has 0 spiro atoms. The molecule has 0 radical (unpaired) electrons. The highest BCUT2D eigenvalue weighted by Crippen LogP contribution is 2.29. The Morgan fingerprint density at radius 2 is 2.24 bits per heavy atom. The number of hydrogen-bond donors (Lipinski definition) is 1. The summed E-state index contributed by atoms with van der Waals surface area (Å²) in [5.74, 6) is 0.973. The summed E-state index contributed by atoms with van der Waals surface area (Å²) in [5.41, 5.74) is 2.04. The van der Waals surface area contributed by atoms with Gasteiger partial charge in [-0.05, 0) is 32.0 Å². The fraction of sp³-hybridized carbons (Fsp3) is 0.357. The molecule has 1 aromatic carbocycles. The number of pyridine rings is 1. The van der Waals surface area contributed by atoms with Crippen molar-refractivity contribution >= 4 is 10.9 Å². The Kier molecular flexibility index (Phi) is 2.30. The summed E-state index contributed by atoms with van der Waals surface area (Å²) >= 11 is 0. The number of hydrogen-bond acceptors (Lipinski definition) is 3. The Morgan fingerprint density at radius 1 is 1.35 bits per heavy atom. The van der Waals surface area contributed by atoms with E-state index in [1.54, 1.807) is 0 Å². The molecule has 0 atom stereocenters. The highest BCUT2D eigenvalue weighted by Gasteiger charge is 2.24. The summed E-state index contributed by atoms with van der Waals surface area (Å²) in [6.07, 6.45) is 1.82. The van der Waals surface area contributed by atoms with E-state index in [-0.39, 0.29) is 5.60 Å². The lowest BCUT2D eigenvalue weighted by atomic mass is 10.1. The Bertz CT molecular complexity index is 563. The van der Waals surface area contributed by atoms with E-state index in [1.165, 1.54) is 5.56 Å². The van der Waals surface area contributed by atoms with Crippen LogP contribution >= 0.6 is 0 Å². The van der Waals surface area contributed by atoms with Crippen molar-refractivity contribution in [2.24, 2.45) is 0 Å². The van der Waals surface area contributed by atoms with Gasteiger partial charge in [0.1, 0.15) is 11.4 Å². The second kappa shape index (κ2) is 3.70. The van der Waals surface area contributed by atoms with Crippen molar-refractivity contribution in [3.8, 4) is 5.75 Å². The molecule has 88 valence electrons. The minimum absolute atomic E-state index is 0.166. The van der Waals surface area contributed by atoms with E-state index in [4.69, 9.17) is 4.74 Å². The number of rotatable bonds is 0. The second-order valence-electron chi connectivity index (χ2n) is 5.12. The highest BCUT2D eigenvalue weighted by molar-refractivity contribution is 5.81. The van der Waals surface area contributed by atoms with Crippen molar-refractivity contribution in [3.63, 3.8) is 0 Å². The molecule has 3 heteroatoms. The van der Waals surface area contributed by atoms with Gasteiger partial charge in [-0.25, -0.2) is 0 Å². The Labute approximate surface area is 101 Å². The van der Waals surface area contributed by atoms with Crippen LogP contribution in [0.2, 0.25) is 0 Å². The van der Waals surface area contributed by atoms with Crippen LogP contribution in [-0.2, 0) is 6.54 Å². The van der Waals surface area contributed by atoms with Crippen molar-refractivity contribution in [2.45, 2.75) is 26.0 Å². The lowest BCUT2D eigenvalue weighted by Crippen LogP contribution is -2.37. The fourth-order valence-corrected chi connectivity index (χ4v) is 2.21. The Balaban J connectivity index is 2.16. The lowest BCUT2D eigenvalue weighted by Gasteiger charge is -2.24. The van der Waals surface area contributed by atoms with Gasteiger partial charge in [0.05, 0.1) is 5.52 Å². The van der Waals surface area contributed by atoms with Crippen LogP contribution in [0.15, 0.2) is 30.5 Å². The molecule has 0 bridgehead atoms. The minimum atomic E-state index is -0.166.